The van der Waals surface area contributed by atoms with Gasteiger partial charge in [-0.3, -0.25) is 0 Å². The van der Waals surface area contributed by atoms with E-state index in [1.807, 2.05) is 6.92 Å². The Labute approximate surface area is 118 Å². The largest absolute Gasteiger partial charge is 0.246 e. The van der Waals surface area contributed by atoms with Gasteiger partial charge in [0.15, 0.2) is 0 Å². The van der Waals surface area contributed by atoms with E-state index in [2.05, 4.69) is 12.2 Å². The zero-order valence-corrected chi connectivity index (χ0v) is 11.8. The maximum absolute atomic E-state index is 13.6. The van der Waals surface area contributed by atoms with Gasteiger partial charge in [-0.1, -0.05) is 12.2 Å². The van der Waals surface area contributed by atoms with Gasteiger partial charge in [-0.2, -0.15) is 0 Å². The minimum absolute atomic E-state index is 0.203. The van der Waals surface area contributed by atoms with Crippen LogP contribution in [0.2, 0.25) is 0 Å². The number of benzene rings is 1. The Bertz CT molecular complexity index is 448. The van der Waals surface area contributed by atoms with Crippen LogP contribution in [-0.4, -0.2) is 0 Å². The van der Waals surface area contributed by atoms with Crippen molar-refractivity contribution in [3.8, 4) is 0 Å². The molecule has 1 fully saturated rings. The number of hydrogen-bond acceptors (Lipinski definition) is 0. The number of allylic oxidation sites excluding steroid dienone is 2. The van der Waals surface area contributed by atoms with Gasteiger partial charge in [0.1, 0.15) is 18.3 Å². The van der Waals surface area contributed by atoms with Gasteiger partial charge >= 0.3 is 0 Å². The van der Waals surface area contributed by atoms with Gasteiger partial charge in [-0.05, 0) is 68.6 Å². The van der Waals surface area contributed by atoms with Crippen molar-refractivity contribution in [2.24, 2.45) is 5.92 Å². The monoisotopic (exact) mass is 282 g/mol. The fourth-order valence-corrected chi connectivity index (χ4v) is 3.05. The van der Waals surface area contributed by atoms with Gasteiger partial charge < -0.3 is 0 Å². The van der Waals surface area contributed by atoms with E-state index < -0.39 is 23.9 Å². The Morgan fingerprint density at radius 2 is 1.70 bits per heavy atom. The molecule has 1 aromatic carbocycles. The summed E-state index contributed by atoms with van der Waals surface area (Å²) in [5, 5.41) is 0. The first-order valence-corrected chi connectivity index (χ1v) is 7.30. The molecule has 1 aliphatic rings. The first kappa shape index (κ1) is 15.1. The smallest absolute Gasteiger partial charge is 0.132 e. The highest BCUT2D eigenvalue weighted by atomic mass is 19.1. The Kier molecular flexibility index (Phi) is 5.27. The van der Waals surface area contributed by atoms with Crippen LogP contribution in [0.3, 0.4) is 0 Å². The highest BCUT2D eigenvalue weighted by molar-refractivity contribution is 5.28. The lowest BCUT2D eigenvalue weighted by Crippen LogP contribution is -2.13. The van der Waals surface area contributed by atoms with Crippen molar-refractivity contribution < 1.29 is 13.2 Å². The van der Waals surface area contributed by atoms with Crippen molar-refractivity contribution in [1.82, 2.24) is 0 Å². The molecule has 0 aliphatic heterocycles. The zero-order valence-electron chi connectivity index (χ0n) is 11.8. The van der Waals surface area contributed by atoms with Crippen molar-refractivity contribution in [3.05, 3.63) is 47.0 Å². The summed E-state index contributed by atoms with van der Waals surface area (Å²) in [5.74, 6) is -0.617. The lowest BCUT2D eigenvalue weighted by molar-refractivity contribution is 0.327. The molecular weight excluding hydrogens is 261 g/mol. The van der Waals surface area contributed by atoms with Gasteiger partial charge in [0.05, 0.1) is 5.56 Å². The summed E-state index contributed by atoms with van der Waals surface area (Å²) in [5.41, 5.74) is 0.234. The standard InChI is InChI=1S/C17H21F3/c1-2-3-4-12-5-7-13(8-6-12)14-9-16(19)15(11-18)17(20)10-14/h2-3,9-10,12-13H,4-8,11H2,1H3/b3-2-. The van der Waals surface area contributed by atoms with E-state index in [0.29, 0.717) is 11.5 Å². The predicted octanol–water partition coefficient (Wildman–Crippen LogP) is 5.67. The second-order valence-corrected chi connectivity index (χ2v) is 5.62. The lowest BCUT2D eigenvalue weighted by Gasteiger charge is -2.28. The Balaban J connectivity index is 2.04. The molecule has 1 aromatic rings. The molecule has 0 radical (unpaired) electrons. The fraction of sp³-hybridized carbons (Fsp3) is 0.529. The van der Waals surface area contributed by atoms with Crippen LogP contribution in [0.25, 0.3) is 0 Å². The number of hydrogen-bond donors (Lipinski definition) is 0. The molecule has 0 amide bonds. The van der Waals surface area contributed by atoms with Crippen molar-refractivity contribution in [3.63, 3.8) is 0 Å². The van der Waals surface area contributed by atoms with Crippen molar-refractivity contribution in [1.29, 1.82) is 0 Å². The summed E-state index contributed by atoms with van der Waals surface area (Å²) in [6.07, 6.45) is 9.41. The molecule has 0 N–H and O–H groups in total. The summed E-state index contributed by atoms with van der Waals surface area (Å²) in [4.78, 5) is 0. The third-order valence-corrected chi connectivity index (χ3v) is 4.32. The molecule has 20 heavy (non-hydrogen) atoms. The molecule has 0 spiro atoms. The molecule has 0 aromatic heterocycles. The third-order valence-electron chi connectivity index (χ3n) is 4.32. The summed E-state index contributed by atoms with van der Waals surface area (Å²) >= 11 is 0. The van der Waals surface area contributed by atoms with E-state index in [1.165, 1.54) is 12.1 Å². The Morgan fingerprint density at radius 3 is 2.20 bits per heavy atom. The molecule has 0 atom stereocenters. The van der Waals surface area contributed by atoms with E-state index in [0.717, 1.165) is 32.1 Å². The Morgan fingerprint density at radius 1 is 1.10 bits per heavy atom. The third kappa shape index (κ3) is 3.44. The second-order valence-electron chi connectivity index (χ2n) is 5.62. The zero-order chi connectivity index (χ0) is 14.5. The van der Waals surface area contributed by atoms with E-state index >= 15 is 0 Å². The summed E-state index contributed by atoms with van der Waals surface area (Å²) in [6, 6.07) is 2.63. The van der Waals surface area contributed by atoms with Crippen LogP contribution >= 0.6 is 0 Å². The molecule has 0 unspecified atom stereocenters. The first-order chi connectivity index (χ1) is 9.65. The van der Waals surface area contributed by atoms with Crippen LogP contribution in [0.4, 0.5) is 13.2 Å². The van der Waals surface area contributed by atoms with E-state index in [4.69, 9.17) is 0 Å². The normalized spacial score (nSPS) is 23.4. The highest BCUT2D eigenvalue weighted by Crippen LogP contribution is 2.38. The maximum atomic E-state index is 13.6. The minimum atomic E-state index is -1.09. The van der Waals surface area contributed by atoms with Gasteiger partial charge in [0.25, 0.3) is 0 Å². The summed E-state index contributed by atoms with van der Waals surface area (Å²) in [6.45, 7) is 0.928. The SMILES string of the molecule is C/C=C\CC1CCC(c2cc(F)c(CF)c(F)c2)CC1. The van der Waals surface area contributed by atoms with Crippen molar-refractivity contribution in [2.75, 3.05) is 0 Å². The quantitative estimate of drug-likeness (QED) is 0.624. The van der Waals surface area contributed by atoms with Gasteiger partial charge in [0.2, 0.25) is 0 Å². The summed E-state index contributed by atoms with van der Waals surface area (Å²) < 4.78 is 39.7. The fourth-order valence-electron chi connectivity index (χ4n) is 3.05. The van der Waals surface area contributed by atoms with E-state index in [1.54, 1.807) is 0 Å². The molecule has 0 saturated heterocycles. The average molecular weight is 282 g/mol. The van der Waals surface area contributed by atoms with Crippen LogP contribution in [0.5, 0.6) is 0 Å². The number of rotatable bonds is 4. The van der Waals surface area contributed by atoms with Gasteiger partial charge in [0, 0.05) is 0 Å². The van der Waals surface area contributed by atoms with E-state index in [9.17, 15) is 13.2 Å². The number of halogens is 3. The molecular formula is C17H21F3. The van der Waals surface area contributed by atoms with Crippen LogP contribution in [0.1, 0.15) is 56.1 Å². The van der Waals surface area contributed by atoms with Crippen LogP contribution in [0.15, 0.2) is 24.3 Å². The molecule has 1 saturated carbocycles. The van der Waals surface area contributed by atoms with Crippen molar-refractivity contribution >= 4 is 0 Å². The molecule has 2 rings (SSSR count). The molecule has 110 valence electrons. The molecule has 1 aliphatic carbocycles. The highest BCUT2D eigenvalue weighted by Gasteiger charge is 2.23. The maximum Gasteiger partial charge on any atom is 0.132 e. The van der Waals surface area contributed by atoms with Crippen LogP contribution in [0, 0.1) is 17.6 Å². The Hall–Kier alpha value is -1.25. The molecule has 0 nitrogen and oxygen atoms in total. The van der Waals surface area contributed by atoms with Gasteiger partial charge in [-0.25, -0.2) is 13.2 Å². The van der Waals surface area contributed by atoms with Crippen LogP contribution in [-0.2, 0) is 6.67 Å². The van der Waals surface area contributed by atoms with Gasteiger partial charge in [-0.15, -0.1) is 0 Å². The molecule has 3 heteroatoms. The van der Waals surface area contributed by atoms with Crippen LogP contribution < -0.4 is 0 Å². The number of alkyl halides is 1. The first-order valence-electron chi connectivity index (χ1n) is 7.30. The predicted molar refractivity (Wildman–Crippen MR) is 75.3 cm³/mol. The summed E-state index contributed by atoms with van der Waals surface area (Å²) in [7, 11) is 0. The lowest BCUT2D eigenvalue weighted by atomic mass is 9.77. The molecule has 0 heterocycles. The minimum Gasteiger partial charge on any atom is -0.246 e. The molecule has 0 bridgehead atoms. The van der Waals surface area contributed by atoms with Crippen molar-refractivity contribution in [2.45, 2.75) is 51.6 Å². The van der Waals surface area contributed by atoms with E-state index in [-0.39, 0.29) is 5.92 Å². The average Bonchev–Trinajstić information content (AvgIpc) is 2.45. The second kappa shape index (κ2) is 6.96. The topological polar surface area (TPSA) is 0 Å².